The molecule has 0 fully saturated rings. The summed E-state index contributed by atoms with van der Waals surface area (Å²) in [4.78, 5) is 17.7. The molecular weight excluding hydrogens is 228 g/mol. The molecule has 8 heteroatoms. The second-order valence-corrected chi connectivity index (χ2v) is 3.46. The Labute approximate surface area is 97.9 Å². The number of anilines is 1. The zero-order valence-electron chi connectivity index (χ0n) is 9.84. The molecule has 1 rings (SSSR count). The van der Waals surface area contributed by atoms with Crippen LogP contribution in [0.25, 0.3) is 0 Å². The van der Waals surface area contributed by atoms with E-state index < -0.39 is 4.92 Å². The molecule has 94 valence electrons. The Bertz CT molecular complexity index is 424. The van der Waals surface area contributed by atoms with Crippen LogP contribution < -0.4 is 10.5 Å². The second-order valence-electron chi connectivity index (χ2n) is 3.46. The van der Waals surface area contributed by atoms with E-state index >= 15 is 0 Å². The van der Waals surface area contributed by atoms with Crippen molar-refractivity contribution in [3.05, 3.63) is 15.8 Å². The van der Waals surface area contributed by atoms with Crippen molar-refractivity contribution in [2.75, 3.05) is 19.5 Å². The Balaban J connectivity index is 3.08. The van der Waals surface area contributed by atoms with Crippen LogP contribution in [-0.4, -0.2) is 34.7 Å². The number of ether oxygens (including phenoxy) is 2. The van der Waals surface area contributed by atoms with E-state index in [1.807, 2.05) is 0 Å². The maximum Gasteiger partial charge on any atom is 0.352 e. The monoisotopic (exact) mass is 242 g/mol. The number of nitrogen functional groups attached to an aromatic ring is 1. The van der Waals surface area contributed by atoms with Gasteiger partial charge >= 0.3 is 5.69 Å². The molecule has 0 spiro atoms. The number of aryl methyl sites for hydroxylation is 1. The fraction of sp³-hybridized carbons (Fsp3) is 0.556. The van der Waals surface area contributed by atoms with Crippen LogP contribution in [0.15, 0.2) is 0 Å². The standard InChI is InChI=1S/C9H14N4O4/c1-5(4-16-3)17-8-7(13(14)15)6(2)11-9(10)12-8/h5H,4H2,1-3H3,(H2,10,11,12). The van der Waals surface area contributed by atoms with Crippen LogP contribution in [0.5, 0.6) is 5.88 Å². The van der Waals surface area contributed by atoms with Crippen LogP contribution in [0.4, 0.5) is 11.6 Å². The summed E-state index contributed by atoms with van der Waals surface area (Å²) in [5.41, 5.74) is 5.31. The van der Waals surface area contributed by atoms with Gasteiger partial charge in [-0.05, 0) is 13.8 Å². The zero-order chi connectivity index (χ0) is 13.0. The van der Waals surface area contributed by atoms with Gasteiger partial charge in [-0.3, -0.25) is 10.1 Å². The molecule has 1 aromatic rings. The third-order valence-corrected chi connectivity index (χ3v) is 1.94. The lowest BCUT2D eigenvalue weighted by Crippen LogP contribution is -2.20. The Kier molecular flexibility index (Phi) is 4.16. The molecule has 8 nitrogen and oxygen atoms in total. The summed E-state index contributed by atoms with van der Waals surface area (Å²) in [6.45, 7) is 3.48. The fourth-order valence-electron chi connectivity index (χ4n) is 1.31. The Morgan fingerprint density at radius 2 is 2.18 bits per heavy atom. The molecule has 1 unspecified atom stereocenters. The van der Waals surface area contributed by atoms with E-state index in [9.17, 15) is 10.1 Å². The van der Waals surface area contributed by atoms with E-state index in [0.717, 1.165) is 0 Å². The summed E-state index contributed by atoms with van der Waals surface area (Å²) in [5, 5.41) is 10.9. The van der Waals surface area contributed by atoms with Gasteiger partial charge in [-0.1, -0.05) is 0 Å². The number of hydrogen-bond acceptors (Lipinski definition) is 7. The van der Waals surface area contributed by atoms with Gasteiger partial charge in [0.1, 0.15) is 11.8 Å². The Morgan fingerprint density at radius 1 is 1.53 bits per heavy atom. The minimum Gasteiger partial charge on any atom is -0.467 e. The molecule has 0 saturated heterocycles. The van der Waals surface area contributed by atoms with Gasteiger partial charge in [0.25, 0.3) is 5.88 Å². The molecule has 1 aromatic heterocycles. The van der Waals surface area contributed by atoms with E-state index in [1.165, 1.54) is 14.0 Å². The minimum atomic E-state index is -0.594. The van der Waals surface area contributed by atoms with E-state index in [0.29, 0.717) is 6.61 Å². The Morgan fingerprint density at radius 3 is 2.71 bits per heavy atom. The normalized spacial score (nSPS) is 12.2. The SMILES string of the molecule is COCC(C)Oc1nc(N)nc(C)c1[N+](=O)[O-]. The first-order chi connectivity index (χ1) is 7.95. The largest absolute Gasteiger partial charge is 0.467 e. The smallest absolute Gasteiger partial charge is 0.352 e. The molecule has 1 atom stereocenters. The van der Waals surface area contributed by atoms with Crippen molar-refractivity contribution < 1.29 is 14.4 Å². The van der Waals surface area contributed by atoms with Gasteiger partial charge in [0.05, 0.1) is 11.5 Å². The van der Waals surface area contributed by atoms with Crippen molar-refractivity contribution in [1.82, 2.24) is 9.97 Å². The molecule has 0 saturated carbocycles. The number of nitro groups is 1. The quantitative estimate of drug-likeness (QED) is 0.596. The number of methoxy groups -OCH3 is 1. The molecule has 0 aliphatic rings. The van der Waals surface area contributed by atoms with E-state index in [4.69, 9.17) is 15.2 Å². The minimum absolute atomic E-state index is 0.0623. The van der Waals surface area contributed by atoms with E-state index in [1.54, 1.807) is 6.92 Å². The summed E-state index contributed by atoms with van der Waals surface area (Å²) < 4.78 is 10.2. The number of aromatic nitrogens is 2. The third kappa shape index (κ3) is 3.25. The first-order valence-corrected chi connectivity index (χ1v) is 4.89. The lowest BCUT2D eigenvalue weighted by molar-refractivity contribution is -0.387. The van der Waals surface area contributed by atoms with Crippen LogP contribution in [0.1, 0.15) is 12.6 Å². The van der Waals surface area contributed by atoms with Gasteiger partial charge in [-0.15, -0.1) is 0 Å². The molecule has 0 amide bonds. The van der Waals surface area contributed by atoms with Gasteiger partial charge < -0.3 is 15.2 Å². The number of hydrogen-bond donors (Lipinski definition) is 1. The van der Waals surface area contributed by atoms with Gasteiger partial charge in [0, 0.05) is 7.11 Å². The van der Waals surface area contributed by atoms with Crippen molar-refractivity contribution in [2.24, 2.45) is 0 Å². The number of rotatable bonds is 5. The van der Waals surface area contributed by atoms with Crippen molar-refractivity contribution in [1.29, 1.82) is 0 Å². The van der Waals surface area contributed by atoms with Gasteiger partial charge in [0.15, 0.2) is 0 Å². The van der Waals surface area contributed by atoms with Crippen molar-refractivity contribution in [3.8, 4) is 5.88 Å². The molecular formula is C9H14N4O4. The predicted molar refractivity (Wildman–Crippen MR) is 59.8 cm³/mol. The predicted octanol–water partition coefficient (Wildman–Crippen LogP) is 0.689. The molecule has 17 heavy (non-hydrogen) atoms. The van der Waals surface area contributed by atoms with Crippen LogP contribution in [0.2, 0.25) is 0 Å². The van der Waals surface area contributed by atoms with E-state index in [2.05, 4.69) is 9.97 Å². The third-order valence-electron chi connectivity index (χ3n) is 1.94. The highest BCUT2D eigenvalue weighted by Crippen LogP contribution is 2.28. The lowest BCUT2D eigenvalue weighted by Gasteiger charge is -2.13. The van der Waals surface area contributed by atoms with Crippen LogP contribution in [0.3, 0.4) is 0 Å². The van der Waals surface area contributed by atoms with Gasteiger partial charge in [0.2, 0.25) is 5.95 Å². The summed E-state index contributed by atoms with van der Waals surface area (Å²) in [5.74, 6) is -0.197. The zero-order valence-corrected chi connectivity index (χ0v) is 9.84. The van der Waals surface area contributed by atoms with Crippen molar-refractivity contribution in [2.45, 2.75) is 20.0 Å². The molecule has 0 aliphatic carbocycles. The van der Waals surface area contributed by atoms with Crippen LogP contribution in [-0.2, 0) is 4.74 Å². The molecule has 0 radical (unpaired) electrons. The summed E-state index contributed by atoms with van der Waals surface area (Å²) in [7, 11) is 1.51. The number of nitrogens with zero attached hydrogens (tertiary/aromatic N) is 3. The summed E-state index contributed by atoms with van der Waals surface area (Å²) in [6, 6.07) is 0. The maximum absolute atomic E-state index is 10.9. The highest BCUT2D eigenvalue weighted by Gasteiger charge is 2.24. The molecule has 0 bridgehead atoms. The van der Waals surface area contributed by atoms with Crippen molar-refractivity contribution in [3.63, 3.8) is 0 Å². The lowest BCUT2D eigenvalue weighted by atomic mass is 10.3. The fourth-order valence-corrected chi connectivity index (χ4v) is 1.31. The van der Waals surface area contributed by atoms with Crippen LogP contribution in [0, 0.1) is 17.0 Å². The van der Waals surface area contributed by atoms with Gasteiger partial charge in [-0.2, -0.15) is 4.98 Å². The average Bonchev–Trinajstić information content (AvgIpc) is 2.15. The Hall–Kier alpha value is -1.96. The molecule has 0 aliphatic heterocycles. The van der Waals surface area contributed by atoms with Crippen LogP contribution >= 0.6 is 0 Å². The first-order valence-electron chi connectivity index (χ1n) is 4.89. The first kappa shape index (κ1) is 13.1. The topological polar surface area (TPSA) is 113 Å². The highest BCUT2D eigenvalue weighted by atomic mass is 16.6. The number of nitrogens with two attached hydrogens (primary N) is 1. The molecule has 0 aromatic carbocycles. The molecule has 1 heterocycles. The average molecular weight is 242 g/mol. The summed E-state index contributed by atoms with van der Waals surface area (Å²) >= 11 is 0. The molecule has 2 N–H and O–H groups in total. The van der Waals surface area contributed by atoms with Gasteiger partial charge in [-0.25, -0.2) is 4.98 Å². The maximum atomic E-state index is 10.9. The highest BCUT2D eigenvalue weighted by molar-refractivity contribution is 5.47. The van der Waals surface area contributed by atoms with E-state index in [-0.39, 0.29) is 29.3 Å². The van der Waals surface area contributed by atoms with Crippen molar-refractivity contribution >= 4 is 11.6 Å². The second kappa shape index (κ2) is 5.39. The summed E-state index contributed by atoms with van der Waals surface area (Å²) in [6.07, 6.45) is -0.368.